The van der Waals surface area contributed by atoms with Gasteiger partial charge in [-0.1, -0.05) is 20.3 Å². The SMILES string of the molecule is CC1=[C-]C(C)=CC1.[Cl-].[Cl-].[Zr+3]. The fourth-order valence-electron chi connectivity index (χ4n) is 0.745. The molecule has 1 radical (unpaired) electrons. The molecule has 0 N–H and O–H groups in total. The van der Waals surface area contributed by atoms with Gasteiger partial charge >= 0.3 is 26.2 Å². The molecule has 0 amide bonds. The van der Waals surface area contributed by atoms with Crippen molar-refractivity contribution in [2.45, 2.75) is 20.3 Å². The Morgan fingerprint density at radius 3 is 1.90 bits per heavy atom. The maximum atomic E-state index is 3.19. The van der Waals surface area contributed by atoms with Crippen LogP contribution < -0.4 is 24.8 Å². The molecular formula is C7H9Cl2Zr. The number of allylic oxidation sites excluding steroid dienone is 4. The first-order chi connectivity index (χ1) is 3.29. The van der Waals surface area contributed by atoms with E-state index in [9.17, 15) is 0 Å². The van der Waals surface area contributed by atoms with Crippen molar-refractivity contribution in [2.24, 2.45) is 0 Å². The number of rotatable bonds is 0. The van der Waals surface area contributed by atoms with Crippen LogP contribution in [0.1, 0.15) is 20.3 Å². The topological polar surface area (TPSA) is 0 Å². The molecule has 0 atom stereocenters. The molecule has 0 fully saturated rings. The Morgan fingerprint density at radius 2 is 1.80 bits per heavy atom. The zero-order valence-electron chi connectivity index (χ0n) is 6.04. The standard InChI is InChI=1S/C7H9.2ClH.Zr/c1-6-3-4-7(2)5-6;;;/h3H,4H2,1-2H3;2*1H;/q-1;;;+3/p-2. The van der Waals surface area contributed by atoms with E-state index in [0.717, 1.165) is 6.42 Å². The first kappa shape index (κ1) is 17.1. The van der Waals surface area contributed by atoms with Gasteiger partial charge in [-0.3, -0.25) is 6.08 Å². The second-order valence-electron chi connectivity index (χ2n) is 2.00. The van der Waals surface area contributed by atoms with Gasteiger partial charge in [-0.05, 0) is 0 Å². The molecule has 1 aliphatic rings. The number of hydrogen-bond acceptors (Lipinski definition) is 0. The minimum atomic E-state index is 0. The van der Waals surface area contributed by atoms with Crippen LogP contribution in [0.25, 0.3) is 0 Å². The molecule has 0 saturated heterocycles. The van der Waals surface area contributed by atoms with Crippen molar-refractivity contribution in [3.8, 4) is 0 Å². The molecule has 1 rings (SSSR count). The molecule has 0 unspecified atom stereocenters. The van der Waals surface area contributed by atoms with Gasteiger partial charge in [-0.2, -0.15) is 5.57 Å². The summed E-state index contributed by atoms with van der Waals surface area (Å²) in [6.45, 7) is 4.18. The minimum absolute atomic E-state index is 0. The van der Waals surface area contributed by atoms with Crippen LogP contribution in [0.2, 0.25) is 0 Å². The first-order valence-corrected chi connectivity index (χ1v) is 2.55. The Bertz CT molecular complexity index is 139. The predicted molar refractivity (Wildman–Crippen MR) is 30.8 cm³/mol. The predicted octanol–water partition coefficient (Wildman–Crippen LogP) is -3.91. The average Bonchev–Trinajstić information content (AvgIpc) is 1.87. The molecule has 1 aliphatic carbocycles. The molecule has 3 heteroatoms. The van der Waals surface area contributed by atoms with E-state index in [1.54, 1.807) is 0 Å². The Balaban J connectivity index is -0.000000163. The van der Waals surface area contributed by atoms with Crippen LogP contribution in [0, 0.1) is 6.08 Å². The summed E-state index contributed by atoms with van der Waals surface area (Å²) >= 11 is 0. The normalized spacial score (nSPS) is 13.4. The molecule has 0 spiro atoms. The van der Waals surface area contributed by atoms with E-state index in [4.69, 9.17) is 0 Å². The number of halogens is 2. The van der Waals surface area contributed by atoms with Gasteiger partial charge in [0, 0.05) is 0 Å². The summed E-state index contributed by atoms with van der Waals surface area (Å²) in [4.78, 5) is 0. The van der Waals surface area contributed by atoms with E-state index in [-0.39, 0.29) is 51.0 Å². The third-order valence-corrected chi connectivity index (χ3v) is 1.12. The number of hydrogen-bond donors (Lipinski definition) is 0. The Labute approximate surface area is 94.1 Å². The molecule has 0 aromatic heterocycles. The Kier molecular flexibility index (Phi) is 13.8. The van der Waals surface area contributed by atoms with Crippen LogP contribution in [-0.4, -0.2) is 0 Å². The average molecular weight is 255 g/mol. The molecule has 0 aromatic carbocycles. The molecule has 10 heavy (non-hydrogen) atoms. The van der Waals surface area contributed by atoms with Crippen molar-refractivity contribution in [1.29, 1.82) is 0 Å². The summed E-state index contributed by atoms with van der Waals surface area (Å²) in [6.07, 6.45) is 6.50. The Hall–Kier alpha value is 0.943. The molecule has 0 heterocycles. The zero-order valence-corrected chi connectivity index (χ0v) is 10.0. The van der Waals surface area contributed by atoms with Gasteiger partial charge in [0.25, 0.3) is 0 Å². The summed E-state index contributed by atoms with van der Waals surface area (Å²) in [5, 5.41) is 0. The molecule has 0 saturated carbocycles. The van der Waals surface area contributed by atoms with Crippen molar-refractivity contribution in [2.75, 3.05) is 0 Å². The van der Waals surface area contributed by atoms with Gasteiger partial charge in [0.2, 0.25) is 0 Å². The van der Waals surface area contributed by atoms with Crippen LogP contribution in [0.3, 0.4) is 0 Å². The smallest absolute Gasteiger partial charge is 1.00 e. The first-order valence-electron chi connectivity index (χ1n) is 2.55. The van der Waals surface area contributed by atoms with Crippen LogP contribution in [-0.2, 0) is 26.2 Å². The van der Waals surface area contributed by atoms with Gasteiger partial charge in [-0.25, -0.2) is 11.6 Å². The van der Waals surface area contributed by atoms with Crippen LogP contribution in [0.15, 0.2) is 17.2 Å². The minimum Gasteiger partial charge on any atom is -1.00 e. The molecule has 0 aromatic rings. The third-order valence-electron chi connectivity index (χ3n) is 1.12. The van der Waals surface area contributed by atoms with Gasteiger partial charge in [0.05, 0.1) is 0 Å². The van der Waals surface area contributed by atoms with E-state index in [1.807, 2.05) is 0 Å². The monoisotopic (exact) mass is 253 g/mol. The molecule has 55 valence electrons. The van der Waals surface area contributed by atoms with Gasteiger partial charge in [0.15, 0.2) is 0 Å². The van der Waals surface area contributed by atoms with Gasteiger partial charge in [0.1, 0.15) is 0 Å². The summed E-state index contributed by atoms with van der Waals surface area (Å²) < 4.78 is 0. The second kappa shape index (κ2) is 8.04. The zero-order chi connectivity index (χ0) is 5.28. The summed E-state index contributed by atoms with van der Waals surface area (Å²) in [6, 6.07) is 0. The fourth-order valence-corrected chi connectivity index (χ4v) is 0.745. The quantitative estimate of drug-likeness (QED) is 0.388. The van der Waals surface area contributed by atoms with Crippen molar-refractivity contribution in [1.82, 2.24) is 0 Å². The van der Waals surface area contributed by atoms with Crippen LogP contribution in [0.4, 0.5) is 0 Å². The van der Waals surface area contributed by atoms with Crippen molar-refractivity contribution in [3.63, 3.8) is 0 Å². The second-order valence-corrected chi connectivity index (χ2v) is 2.00. The fraction of sp³-hybridized carbons (Fsp3) is 0.429. The van der Waals surface area contributed by atoms with Crippen LogP contribution in [0.5, 0.6) is 0 Å². The van der Waals surface area contributed by atoms with Crippen molar-refractivity contribution >= 4 is 0 Å². The summed E-state index contributed by atoms with van der Waals surface area (Å²) in [5.41, 5.74) is 2.65. The third kappa shape index (κ3) is 5.71. The van der Waals surface area contributed by atoms with Crippen molar-refractivity contribution in [3.05, 3.63) is 23.3 Å². The maximum absolute atomic E-state index is 3.19. The van der Waals surface area contributed by atoms with Gasteiger partial charge < -0.3 is 24.8 Å². The molecule has 0 nitrogen and oxygen atoms in total. The van der Waals surface area contributed by atoms with E-state index < -0.39 is 0 Å². The van der Waals surface area contributed by atoms with E-state index in [1.165, 1.54) is 11.1 Å². The summed E-state index contributed by atoms with van der Waals surface area (Å²) in [7, 11) is 0. The van der Waals surface area contributed by atoms with E-state index in [0.29, 0.717) is 0 Å². The van der Waals surface area contributed by atoms with E-state index in [2.05, 4.69) is 26.0 Å². The molecule has 0 aliphatic heterocycles. The molecular weight excluding hydrogens is 246 g/mol. The van der Waals surface area contributed by atoms with E-state index >= 15 is 0 Å². The molecule has 0 bridgehead atoms. The summed E-state index contributed by atoms with van der Waals surface area (Å²) in [5.74, 6) is 0. The largest absolute Gasteiger partial charge is 3.00 e. The maximum Gasteiger partial charge on any atom is 3.00 e. The van der Waals surface area contributed by atoms with Gasteiger partial charge in [-0.15, -0.1) is 0 Å². The van der Waals surface area contributed by atoms with Crippen LogP contribution >= 0.6 is 0 Å². The van der Waals surface area contributed by atoms with Crippen molar-refractivity contribution < 1.29 is 51.0 Å². The Morgan fingerprint density at radius 1 is 1.30 bits per heavy atom.